The van der Waals surface area contributed by atoms with Gasteiger partial charge in [0.05, 0.1) is 0 Å². The molecule has 1 aliphatic carbocycles. The SMILES string of the molecule is Cc1cc(CNCC2CC=CCC2)cc(C)c1F. The van der Waals surface area contributed by atoms with Gasteiger partial charge >= 0.3 is 0 Å². The van der Waals surface area contributed by atoms with Crippen LogP contribution in [-0.2, 0) is 6.54 Å². The lowest BCUT2D eigenvalue weighted by molar-refractivity contribution is 0.440. The van der Waals surface area contributed by atoms with Crippen molar-refractivity contribution in [1.82, 2.24) is 5.32 Å². The summed E-state index contributed by atoms with van der Waals surface area (Å²) >= 11 is 0. The third kappa shape index (κ3) is 3.42. The fourth-order valence-corrected chi connectivity index (χ4v) is 2.60. The van der Waals surface area contributed by atoms with Gasteiger partial charge in [0, 0.05) is 6.54 Å². The molecule has 2 rings (SSSR count). The lowest BCUT2D eigenvalue weighted by atomic mass is 9.94. The number of hydrogen-bond donors (Lipinski definition) is 1. The third-order valence-electron chi connectivity index (χ3n) is 3.64. The van der Waals surface area contributed by atoms with Gasteiger partial charge in [-0.3, -0.25) is 0 Å². The molecular formula is C16H22FN. The van der Waals surface area contributed by atoms with Gasteiger partial charge in [-0.2, -0.15) is 0 Å². The highest BCUT2D eigenvalue weighted by atomic mass is 19.1. The molecular weight excluding hydrogens is 225 g/mol. The maximum Gasteiger partial charge on any atom is 0.129 e. The van der Waals surface area contributed by atoms with Crippen LogP contribution >= 0.6 is 0 Å². The van der Waals surface area contributed by atoms with Crippen LogP contribution in [0.15, 0.2) is 24.3 Å². The first-order valence-corrected chi connectivity index (χ1v) is 6.78. The predicted molar refractivity (Wildman–Crippen MR) is 74.1 cm³/mol. The smallest absolute Gasteiger partial charge is 0.129 e. The minimum atomic E-state index is -0.0730. The zero-order chi connectivity index (χ0) is 13.0. The number of hydrogen-bond acceptors (Lipinski definition) is 1. The molecule has 0 saturated heterocycles. The van der Waals surface area contributed by atoms with Gasteiger partial charge in [-0.15, -0.1) is 0 Å². The van der Waals surface area contributed by atoms with Crippen molar-refractivity contribution in [2.24, 2.45) is 5.92 Å². The Morgan fingerprint density at radius 1 is 1.22 bits per heavy atom. The van der Waals surface area contributed by atoms with Crippen LogP contribution in [0.1, 0.15) is 36.0 Å². The number of nitrogens with one attached hydrogen (secondary N) is 1. The molecule has 2 heteroatoms. The van der Waals surface area contributed by atoms with E-state index >= 15 is 0 Å². The van der Waals surface area contributed by atoms with E-state index in [1.165, 1.54) is 24.8 Å². The molecule has 0 saturated carbocycles. The second-order valence-corrected chi connectivity index (χ2v) is 5.32. The monoisotopic (exact) mass is 247 g/mol. The number of rotatable bonds is 4. The van der Waals surface area contributed by atoms with Gasteiger partial charge in [-0.05, 0) is 62.3 Å². The van der Waals surface area contributed by atoms with E-state index in [0.29, 0.717) is 0 Å². The summed E-state index contributed by atoms with van der Waals surface area (Å²) < 4.78 is 13.5. The second-order valence-electron chi connectivity index (χ2n) is 5.32. The van der Waals surface area contributed by atoms with Crippen molar-refractivity contribution in [2.45, 2.75) is 39.7 Å². The molecule has 0 spiro atoms. The van der Waals surface area contributed by atoms with Crippen LogP contribution < -0.4 is 5.32 Å². The van der Waals surface area contributed by atoms with Crippen molar-refractivity contribution in [2.75, 3.05) is 6.54 Å². The van der Waals surface area contributed by atoms with E-state index in [1.54, 1.807) is 0 Å². The van der Waals surface area contributed by atoms with E-state index in [2.05, 4.69) is 17.5 Å². The molecule has 0 bridgehead atoms. The highest BCUT2D eigenvalue weighted by Crippen LogP contribution is 2.18. The molecule has 18 heavy (non-hydrogen) atoms. The van der Waals surface area contributed by atoms with Crippen LogP contribution in [0.2, 0.25) is 0 Å². The zero-order valence-corrected chi connectivity index (χ0v) is 11.3. The van der Waals surface area contributed by atoms with Gasteiger partial charge in [0.25, 0.3) is 0 Å². The molecule has 0 amide bonds. The Balaban J connectivity index is 1.84. The van der Waals surface area contributed by atoms with E-state index in [4.69, 9.17) is 0 Å². The average molecular weight is 247 g/mol. The predicted octanol–water partition coefficient (Wildman–Crippen LogP) is 3.89. The quantitative estimate of drug-likeness (QED) is 0.796. The fraction of sp³-hybridized carbons (Fsp3) is 0.500. The van der Waals surface area contributed by atoms with Crippen LogP contribution in [0, 0.1) is 25.6 Å². The number of aryl methyl sites for hydroxylation is 2. The Bertz CT molecular complexity index is 414. The Hall–Kier alpha value is -1.15. The summed E-state index contributed by atoms with van der Waals surface area (Å²) in [5.74, 6) is 0.689. The van der Waals surface area contributed by atoms with E-state index in [1.807, 2.05) is 26.0 Å². The standard InChI is InChI=1S/C16H22FN/c1-12-8-15(9-13(2)16(12)17)11-18-10-14-6-4-3-5-7-14/h3-4,8-9,14,18H,5-7,10-11H2,1-2H3. The Morgan fingerprint density at radius 3 is 2.56 bits per heavy atom. The molecule has 1 atom stereocenters. The molecule has 0 fully saturated rings. The van der Waals surface area contributed by atoms with Crippen LogP contribution in [0.4, 0.5) is 4.39 Å². The summed E-state index contributed by atoms with van der Waals surface area (Å²) in [7, 11) is 0. The maximum atomic E-state index is 13.5. The molecule has 0 aromatic heterocycles. The number of benzene rings is 1. The highest BCUT2D eigenvalue weighted by Gasteiger charge is 2.09. The topological polar surface area (TPSA) is 12.0 Å². The largest absolute Gasteiger partial charge is 0.312 e. The Kier molecular flexibility index (Phi) is 4.54. The summed E-state index contributed by atoms with van der Waals surface area (Å²) in [5.41, 5.74) is 2.66. The molecule has 1 aromatic carbocycles. The van der Waals surface area contributed by atoms with E-state index in [9.17, 15) is 4.39 Å². The van der Waals surface area contributed by atoms with Crippen molar-refractivity contribution in [3.63, 3.8) is 0 Å². The molecule has 0 heterocycles. The Morgan fingerprint density at radius 2 is 1.94 bits per heavy atom. The first-order valence-electron chi connectivity index (χ1n) is 6.78. The van der Waals surface area contributed by atoms with Crippen LogP contribution in [0.3, 0.4) is 0 Å². The lowest BCUT2D eigenvalue weighted by Gasteiger charge is -2.18. The molecule has 98 valence electrons. The number of halogens is 1. The minimum absolute atomic E-state index is 0.0730. The number of allylic oxidation sites excluding steroid dienone is 2. The van der Waals surface area contributed by atoms with Crippen LogP contribution in [0.25, 0.3) is 0 Å². The van der Waals surface area contributed by atoms with Crippen molar-refractivity contribution in [1.29, 1.82) is 0 Å². The summed E-state index contributed by atoms with van der Waals surface area (Å²) in [5, 5.41) is 3.49. The van der Waals surface area contributed by atoms with Gasteiger partial charge in [0.15, 0.2) is 0 Å². The molecule has 1 aromatic rings. The lowest BCUT2D eigenvalue weighted by Crippen LogP contribution is -2.23. The molecule has 1 nitrogen and oxygen atoms in total. The van der Waals surface area contributed by atoms with Gasteiger partial charge in [-0.25, -0.2) is 4.39 Å². The molecule has 0 radical (unpaired) electrons. The zero-order valence-electron chi connectivity index (χ0n) is 11.3. The Labute approximate surface area is 109 Å². The highest BCUT2D eigenvalue weighted by molar-refractivity contribution is 5.30. The first kappa shape index (κ1) is 13.3. The first-order chi connectivity index (χ1) is 8.66. The minimum Gasteiger partial charge on any atom is -0.312 e. The van der Waals surface area contributed by atoms with E-state index in [0.717, 1.165) is 30.1 Å². The van der Waals surface area contributed by atoms with Gasteiger partial charge < -0.3 is 5.32 Å². The van der Waals surface area contributed by atoms with Crippen LogP contribution in [0.5, 0.6) is 0 Å². The van der Waals surface area contributed by atoms with Gasteiger partial charge in [0.2, 0.25) is 0 Å². The fourth-order valence-electron chi connectivity index (χ4n) is 2.60. The second kappa shape index (κ2) is 6.14. The van der Waals surface area contributed by atoms with Gasteiger partial charge in [-0.1, -0.05) is 24.3 Å². The molecule has 0 aliphatic heterocycles. The molecule has 1 aliphatic rings. The molecule has 1 N–H and O–H groups in total. The van der Waals surface area contributed by atoms with Crippen molar-refractivity contribution in [3.05, 3.63) is 46.8 Å². The average Bonchev–Trinajstić information content (AvgIpc) is 2.37. The van der Waals surface area contributed by atoms with E-state index < -0.39 is 0 Å². The summed E-state index contributed by atoms with van der Waals surface area (Å²) in [6.07, 6.45) is 8.23. The normalized spacial score (nSPS) is 19.2. The van der Waals surface area contributed by atoms with Crippen LogP contribution in [-0.4, -0.2) is 6.54 Å². The summed E-state index contributed by atoms with van der Waals surface area (Å²) in [6.45, 7) is 5.55. The summed E-state index contributed by atoms with van der Waals surface area (Å²) in [6, 6.07) is 3.88. The van der Waals surface area contributed by atoms with Crippen molar-refractivity contribution < 1.29 is 4.39 Å². The van der Waals surface area contributed by atoms with Crippen molar-refractivity contribution in [3.8, 4) is 0 Å². The third-order valence-corrected chi connectivity index (χ3v) is 3.64. The van der Waals surface area contributed by atoms with Crippen molar-refractivity contribution >= 4 is 0 Å². The molecule has 1 unspecified atom stereocenters. The maximum absolute atomic E-state index is 13.5. The van der Waals surface area contributed by atoms with Gasteiger partial charge in [0.1, 0.15) is 5.82 Å². The summed E-state index contributed by atoms with van der Waals surface area (Å²) in [4.78, 5) is 0. The van der Waals surface area contributed by atoms with E-state index in [-0.39, 0.29) is 5.82 Å².